The standard InChI is InChI=1S/C12H6BrNO/c13-7-3-4-8-10(6-7)11-9(12(8)15)2-1-5-14-11/h1-6H. The molecule has 0 bridgehead atoms. The van der Waals surface area contributed by atoms with Gasteiger partial charge in [0.15, 0.2) is 5.78 Å². The van der Waals surface area contributed by atoms with Gasteiger partial charge >= 0.3 is 0 Å². The highest BCUT2D eigenvalue weighted by Gasteiger charge is 2.27. The molecule has 2 aromatic rings. The Morgan fingerprint density at radius 2 is 1.93 bits per heavy atom. The molecule has 0 spiro atoms. The lowest BCUT2D eigenvalue weighted by Crippen LogP contribution is -1.94. The first-order chi connectivity index (χ1) is 7.27. The van der Waals surface area contributed by atoms with Gasteiger partial charge in [-0.15, -0.1) is 0 Å². The third kappa shape index (κ3) is 1.16. The van der Waals surface area contributed by atoms with Crippen LogP contribution in [0.4, 0.5) is 0 Å². The zero-order valence-electron chi connectivity index (χ0n) is 7.70. The van der Waals surface area contributed by atoms with Gasteiger partial charge < -0.3 is 0 Å². The van der Waals surface area contributed by atoms with Crippen molar-refractivity contribution in [1.29, 1.82) is 0 Å². The molecule has 0 unspecified atom stereocenters. The molecule has 72 valence electrons. The highest BCUT2D eigenvalue weighted by Crippen LogP contribution is 2.36. The second-order valence-electron chi connectivity index (χ2n) is 3.42. The predicted molar refractivity (Wildman–Crippen MR) is 60.8 cm³/mol. The summed E-state index contributed by atoms with van der Waals surface area (Å²) in [5.74, 6) is 0.0700. The van der Waals surface area contributed by atoms with Crippen LogP contribution < -0.4 is 0 Å². The van der Waals surface area contributed by atoms with E-state index < -0.39 is 0 Å². The number of ketones is 1. The van der Waals surface area contributed by atoms with E-state index in [-0.39, 0.29) is 5.78 Å². The van der Waals surface area contributed by atoms with Crippen LogP contribution in [0.15, 0.2) is 41.0 Å². The molecular weight excluding hydrogens is 254 g/mol. The maximum Gasteiger partial charge on any atom is 0.195 e. The van der Waals surface area contributed by atoms with Crippen molar-refractivity contribution in [3.05, 3.63) is 52.1 Å². The lowest BCUT2D eigenvalue weighted by Gasteiger charge is -1.98. The largest absolute Gasteiger partial charge is 0.289 e. The average Bonchev–Trinajstić information content (AvgIpc) is 2.54. The molecule has 0 radical (unpaired) electrons. The molecule has 3 heteroatoms. The van der Waals surface area contributed by atoms with Crippen molar-refractivity contribution < 1.29 is 4.79 Å². The van der Waals surface area contributed by atoms with E-state index in [0.29, 0.717) is 5.56 Å². The van der Waals surface area contributed by atoms with E-state index >= 15 is 0 Å². The number of rotatable bonds is 0. The van der Waals surface area contributed by atoms with Gasteiger partial charge in [0.2, 0.25) is 0 Å². The molecule has 1 aliphatic carbocycles. The average molecular weight is 260 g/mol. The Hall–Kier alpha value is -1.48. The summed E-state index contributed by atoms with van der Waals surface area (Å²) in [6.45, 7) is 0. The number of fused-ring (bicyclic) bond motifs is 3. The number of benzene rings is 1. The first kappa shape index (κ1) is 8.80. The van der Waals surface area contributed by atoms with Gasteiger partial charge in [0.1, 0.15) is 0 Å². The van der Waals surface area contributed by atoms with Crippen LogP contribution in [0.3, 0.4) is 0 Å². The molecule has 1 aromatic heterocycles. The van der Waals surface area contributed by atoms with Gasteiger partial charge in [0.25, 0.3) is 0 Å². The van der Waals surface area contributed by atoms with E-state index in [1.807, 2.05) is 24.3 Å². The number of pyridine rings is 1. The summed E-state index contributed by atoms with van der Waals surface area (Å²) in [5.41, 5.74) is 3.15. The second kappa shape index (κ2) is 3.00. The zero-order valence-corrected chi connectivity index (χ0v) is 9.28. The number of nitrogens with zero attached hydrogens (tertiary/aromatic N) is 1. The summed E-state index contributed by atoms with van der Waals surface area (Å²) < 4.78 is 0.965. The van der Waals surface area contributed by atoms with Crippen LogP contribution in [-0.2, 0) is 0 Å². The van der Waals surface area contributed by atoms with Crippen molar-refractivity contribution in [2.75, 3.05) is 0 Å². The van der Waals surface area contributed by atoms with Gasteiger partial charge in [-0.1, -0.05) is 15.9 Å². The minimum Gasteiger partial charge on any atom is -0.289 e. The van der Waals surface area contributed by atoms with Gasteiger partial charge in [-0.2, -0.15) is 0 Å². The smallest absolute Gasteiger partial charge is 0.195 e. The van der Waals surface area contributed by atoms with Crippen LogP contribution in [-0.4, -0.2) is 10.8 Å². The summed E-state index contributed by atoms with van der Waals surface area (Å²) in [4.78, 5) is 16.2. The van der Waals surface area contributed by atoms with Crippen molar-refractivity contribution in [2.45, 2.75) is 0 Å². The van der Waals surface area contributed by atoms with E-state index in [1.165, 1.54) is 0 Å². The third-order valence-electron chi connectivity index (χ3n) is 2.53. The SMILES string of the molecule is O=C1c2ccc(Br)cc2-c2ncccc21. The van der Waals surface area contributed by atoms with Crippen molar-refractivity contribution in [3.63, 3.8) is 0 Å². The second-order valence-corrected chi connectivity index (χ2v) is 4.33. The molecule has 3 rings (SSSR count). The molecule has 0 aliphatic heterocycles. The van der Waals surface area contributed by atoms with E-state index in [0.717, 1.165) is 21.3 Å². The lowest BCUT2D eigenvalue weighted by atomic mass is 10.1. The van der Waals surface area contributed by atoms with Crippen molar-refractivity contribution in [2.24, 2.45) is 0 Å². The molecule has 1 heterocycles. The van der Waals surface area contributed by atoms with Crippen LogP contribution >= 0.6 is 15.9 Å². The van der Waals surface area contributed by atoms with Crippen molar-refractivity contribution in [3.8, 4) is 11.3 Å². The Balaban J connectivity index is 2.39. The normalized spacial score (nSPS) is 12.5. The maximum atomic E-state index is 11.9. The van der Waals surface area contributed by atoms with E-state index in [2.05, 4.69) is 20.9 Å². The molecule has 0 amide bonds. The minimum atomic E-state index is 0.0700. The zero-order chi connectivity index (χ0) is 10.4. The monoisotopic (exact) mass is 259 g/mol. The van der Waals surface area contributed by atoms with E-state index in [1.54, 1.807) is 12.3 Å². The number of aromatic nitrogens is 1. The third-order valence-corrected chi connectivity index (χ3v) is 3.03. The Kier molecular flexibility index (Phi) is 1.76. The molecule has 0 fully saturated rings. The van der Waals surface area contributed by atoms with Gasteiger partial charge in [0, 0.05) is 27.4 Å². The van der Waals surface area contributed by atoms with Gasteiger partial charge in [-0.3, -0.25) is 9.78 Å². The summed E-state index contributed by atoms with van der Waals surface area (Å²) in [6.07, 6.45) is 1.71. The number of hydrogen-bond acceptors (Lipinski definition) is 2. The Morgan fingerprint density at radius 3 is 2.80 bits per heavy atom. The fourth-order valence-corrected chi connectivity index (χ4v) is 2.22. The van der Waals surface area contributed by atoms with Crippen molar-refractivity contribution in [1.82, 2.24) is 4.98 Å². The summed E-state index contributed by atoms with van der Waals surface area (Å²) in [7, 11) is 0. The highest BCUT2D eigenvalue weighted by molar-refractivity contribution is 9.10. The van der Waals surface area contributed by atoms with Crippen LogP contribution in [0.2, 0.25) is 0 Å². The molecular formula is C12H6BrNO. The topological polar surface area (TPSA) is 30.0 Å². The molecule has 0 saturated carbocycles. The highest BCUT2D eigenvalue weighted by atomic mass is 79.9. The Morgan fingerprint density at radius 1 is 1.07 bits per heavy atom. The molecule has 1 aromatic carbocycles. The fraction of sp³-hybridized carbons (Fsp3) is 0. The minimum absolute atomic E-state index is 0.0700. The van der Waals surface area contributed by atoms with E-state index in [4.69, 9.17) is 0 Å². The molecule has 0 atom stereocenters. The van der Waals surface area contributed by atoms with E-state index in [9.17, 15) is 4.79 Å². The summed E-state index contributed by atoms with van der Waals surface area (Å²) in [5, 5.41) is 0. The molecule has 15 heavy (non-hydrogen) atoms. The molecule has 1 aliphatic rings. The van der Waals surface area contributed by atoms with Gasteiger partial charge in [-0.25, -0.2) is 0 Å². The maximum absolute atomic E-state index is 11.9. The first-order valence-electron chi connectivity index (χ1n) is 4.57. The predicted octanol–water partition coefficient (Wildman–Crippen LogP) is 3.06. The van der Waals surface area contributed by atoms with Gasteiger partial charge in [-0.05, 0) is 30.3 Å². The van der Waals surface area contributed by atoms with Crippen LogP contribution in [0.1, 0.15) is 15.9 Å². The number of hydrogen-bond donors (Lipinski definition) is 0. The Labute approximate surface area is 95.1 Å². The van der Waals surface area contributed by atoms with Crippen molar-refractivity contribution >= 4 is 21.7 Å². The summed E-state index contributed by atoms with van der Waals surface area (Å²) in [6, 6.07) is 9.26. The Bertz CT molecular complexity index is 578. The fourth-order valence-electron chi connectivity index (χ4n) is 1.86. The number of carbonyl (C=O) groups excluding carboxylic acids is 1. The van der Waals surface area contributed by atoms with Crippen LogP contribution in [0.25, 0.3) is 11.3 Å². The summed E-state index contributed by atoms with van der Waals surface area (Å²) >= 11 is 3.40. The first-order valence-corrected chi connectivity index (χ1v) is 5.36. The molecule has 2 nitrogen and oxygen atoms in total. The number of halogens is 1. The molecule has 0 N–H and O–H groups in total. The van der Waals surface area contributed by atoms with Crippen LogP contribution in [0.5, 0.6) is 0 Å². The lowest BCUT2D eigenvalue weighted by molar-refractivity contribution is 0.104. The quantitative estimate of drug-likeness (QED) is 0.621. The molecule has 0 saturated heterocycles. The van der Waals surface area contributed by atoms with Crippen LogP contribution in [0, 0.1) is 0 Å². The number of carbonyl (C=O) groups is 1. The van der Waals surface area contributed by atoms with Gasteiger partial charge in [0.05, 0.1) is 5.69 Å².